The maximum Gasteiger partial charge on any atom is 0.255 e. The van der Waals surface area contributed by atoms with Crippen molar-refractivity contribution in [2.75, 3.05) is 11.9 Å². The Labute approximate surface area is 111 Å². The van der Waals surface area contributed by atoms with E-state index in [2.05, 4.69) is 36.3 Å². The van der Waals surface area contributed by atoms with Gasteiger partial charge in [0.05, 0.1) is 0 Å². The molecule has 1 N–H and O–H groups in total. The molecule has 6 heteroatoms. The molecule has 18 heavy (non-hydrogen) atoms. The van der Waals surface area contributed by atoms with Crippen LogP contribution >= 0.6 is 11.3 Å². The molecule has 1 saturated heterocycles. The van der Waals surface area contributed by atoms with Gasteiger partial charge in [0.2, 0.25) is 5.13 Å². The average molecular weight is 269 g/mol. The zero-order valence-electron chi connectivity index (χ0n) is 11.0. The van der Waals surface area contributed by atoms with Crippen molar-refractivity contribution < 1.29 is 9.53 Å². The molecule has 1 atom stereocenters. The molecule has 5 nitrogen and oxygen atoms in total. The zero-order chi connectivity index (χ0) is 13.2. The lowest BCUT2D eigenvalue weighted by Crippen LogP contribution is -2.26. The lowest BCUT2D eigenvalue weighted by Gasteiger charge is -2.17. The van der Waals surface area contributed by atoms with Crippen LogP contribution in [0.5, 0.6) is 0 Å². The van der Waals surface area contributed by atoms with Gasteiger partial charge in [0.15, 0.2) is 0 Å². The first-order chi connectivity index (χ1) is 8.53. The third-order valence-corrected chi connectivity index (χ3v) is 4.54. The van der Waals surface area contributed by atoms with Crippen molar-refractivity contribution in [2.45, 2.75) is 51.6 Å². The molecule has 1 fully saturated rings. The zero-order valence-corrected chi connectivity index (χ0v) is 11.8. The van der Waals surface area contributed by atoms with E-state index in [9.17, 15) is 4.79 Å². The van der Waals surface area contributed by atoms with Gasteiger partial charge >= 0.3 is 0 Å². The Kier molecular flexibility index (Phi) is 3.97. The predicted molar refractivity (Wildman–Crippen MR) is 70.8 cm³/mol. The van der Waals surface area contributed by atoms with Gasteiger partial charge in [-0.3, -0.25) is 10.1 Å². The number of rotatable bonds is 4. The molecule has 1 amide bonds. The fourth-order valence-corrected chi connectivity index (χ4v) is 2.59. The number of carbonyl (C=O) groups is 1. The van der Waals surface area contributed by atoms with Crippen LogP contribution < -0.4 is 5.32 Å². The summed E-state index contributed by atoms with van der Waals surface area (Å²) in [6.45, 7) is 7.03. The Morgan fingerprint density at radius 2 is 2.33 bits per heavy atom. The first-order valence-corrected chi connectivity index (χ1v) is 7.11. The van der Waals surface area contributed by atoms with Crippen LogP contribution in [0.2, 0.25) is 0 Å². The number of carbonyl (C=O) groups excluding carboxylic acids is 1. The lowest BCUT2D eigenvalue weighted by molar-refractivity contribution is -0.124. The van der Waals surface area contributed by atoms with Gasteiger partial charge < -0.3 is 4.74 Å². The van der Waals surface area contributed by atoms with E-state index < -0.39 is 0 Å². The predicted octanol–water partition coefficient (Wildman–Crippen LogP) is 2.34. The average Bonchev–Trinajstić information content (AvgIpc) is 2.99. The Hall–Kier alpha value is -1.01. The standard InChI is InChI=1S/C12H19N3O2S/c1-4-12(2,3)10-14-15-11(18-10)13-9(16)8-6-5-7-17-8/h8H,4-7H2,1-3H3,(H,13,15,16). The second kappa shape index (κ2) is 5.32. The maximum absolute atomic E-state index is 11.8. The van der Waals surface area contributed by atoms with Crippen LogP contribution in [0.3, 0.4) is 0 Å². The van der Waals surface area contributed by atoms with Gasteiger partial charge in [-0.05, 0) is 19.3 Å². The maximum atomic E-state index is 11.8. The summed E-state index contributed by atoms with van der Waals surface area (Å²) in [6.07, 6.45) is 2.40. The first kappa shape index (κ1) is 13.4. The third-order valence-electron chi connectivity index (χ3n) is 3.34. The molecule has 2 heterocycles. The molecular formula is C12H19N3O2S. The van der Waals surface area contributed by atoms with E-state index >= 15 is 0 Å². The van der Waals surface area contributed by atoms with Gasteiger partial charge in [-0.15, -0.1) is 10.2 Å². The minimum Gasteiger partial charge on any atom is -0.368 e. The molecule has 0 bridgehead atoms. The van der Waals surface area contributed by atoms with Crippen LogP contribution in [0.15, 0.2) is 0 Å². The fraction of sp³-hybridized carbons (Fsp3) is 0.750. The molecule has 1 aromatic rings. The van der Waals surface area contributed by atoms with Gasteiger partial charge in [0.1, 0.15) is 11.1 Å². The molecule has 1 unspecified atom stereocenters. The summed E-state index contributed by atoms with van der Waals surface area (Å²) < 4.78 is 5.33. The number of nitrogens with zero attached hydrogens (tertiary/aromatic N) is 2. The molecule has 0 aromatic carbocycles. The van der Waals surface area contributed by atoms with Crippen molar-refractivity contribution in [1.29, 1.82) is 0 Å². The highest BCUT2D eigenvalue weighted by Gasteiger charge is 2.26. The quantitative estimate of drug-likeness (QED) is 0.911. The van der Waals surface area contributed by atoms with Crippen LogP contribution in [0.4, 0.5) is 5.13 Å². The molecule has 0 radical (unpaired) electrons. The van der Waals surface area contributed by atoms with Crippen LogP contribution in [-0.4, -0.2) is 28.8 Å². The van der Waals surface area contributed by atoms with E-state index in [0.29, 0.717) is 11.7 Å². The monoisotopic (exact) mass is 269 g/mol. The summed E-state index contributed by atoms with van der Waals surface area (Å²) in [7, 11) is 0. The Bertz CT molecular complexity index is 425. The van der Waals surface area contributed by atoms with Gasteiger partial charge in [0.25, 0.3) is 5.91 Å². The van der Waals surface area contributed by atoms with Crippen LogP contribution in [0.25, 0.3) is 0 Å². The number of amides is 1. The largest absolute Gasteiger partial charge is 0.368 e. The molecule has 100 valence electrons. The molecule has 1 aliphatic rings. The van der Waals surface area contributed by atoms with Gasteiger partial charge in [0, 0.05) is 12.0 Å². The Morgan fingerprint density at radius 3 is 2.94 bits per heavy atom. The normalized spacial score (nSPS) is 20.1. The Balaban J connectivity index is 2.00. The van der Waals surface area contributed by atoms with Crippen molar-refractivity contribution in [3.05, 3.63) is 5.01 Å². The van der Waals surface area contributed by atoms with Crippen LogP contribution in [-0.2, 0) is 14.9 Å². The van der Waals surface area contributed by atoms with E-state index in [1.54, 1.807) is 0 Å². The minimum atomic E-state index is -0.323. The second-order valence-corrected chi connectivity index (χ2v) is 6.12. The fourth-order valence-electron chi connectivity index (χ4n) is 1.67. The number of hydrogen-bond donors (Lipinski definition) is 1. The summed E-state index contributed by atoms with van der Waals surface area (Å²) in [6, 6.07) is 0. The van der Waals surface area contributed by atoms with Gasteiger partial charge in [-0.25, -0.2) is 0 Å². The molecule has 1 aliphatic heterocycles. The highest BCUT2D eigenvalue weighted by molar-refractivity contribution is 7.15. The van der Waals surface area contributed by atoms with Crippen molar-refractivity contribution in [3.8, 4) is 0 Å². The van der Waals surface area contributed by atoms with E-state index in [0.717, 1.165) is 24.3 Å². The van der Waals surface area contributed by atoms with E-state index in [4.69, 9.17) is 4.74 Å². The van der Waals surface area contributed by atoms with E-state index in [1.165, 1.54) is 11.3 Å². The van der Waals surface area contributed by atoms with E-state index in [1.807, 2.05) is 0 Å². The van der Waals surface area contributed by atoms with Crippen LogP contribution in [0.1, 0.15) is 45.0 Å². The number of anilines is 1. The molecule has 2 rings (SSSR count). The minimum absolute atomic E-state index is 0.00447. The van der Waals surface area contributed by atoms with Crippen LogP contribution in [0, 0.1) is 0 Å². The molecular weight excluding hydrogens is 250 g/mol. The molecule has 0 spiro atoms. The summed E-state index contributed by atoms with van der Waals surface area (Å²) in [5.74, 6) is -0.107. The number of aromatic nitrogens is 2. The van der Waals surface area contributed by atoms with Crippen molar-refractivity contribution in [1.82, 2.24) is 10.2 Å². The van der Waals surface area contributed by atoms with Crippen molar-refractivity contribution >= 4 is 22.4 Å². The SMILES string of the molecule is CCC(C)(C)c1nnc(NC(=O)C2CCCO2)s1. The molecule has 1 aromatic heterocycles. The highest BCUT2D eigenvalue weighted by Crippen LogP contribution is 2.31. The van der Waals surface area contributed by atoms with Gasteiger partial charge in [-0.1, -0.05) is 32.1 Å². The van der Waals surface area contributed by atoms with Crippen molar-refractivity contribution in [3.63, 3.8) is 0 Å². The highest BCUT2D eigenvalue weighted by atomic mass is 32.1. The van der Waals surface area contributed by atoms with Gasteiger partial charge in [-0.2, -0.15) is 0 Å². The van der Waals surface area contributed by atoms with E-state index in [-0.39, 0.29) is 17.4 Å². The molecule has 0 saturated carbocycles. The summed E-state index contributed by atoms with van der Waals surface area (Å²) in [5.41, 5.74) is 0.00447. The lowest BCUT2D eigenvalue weighted by atomic mass is 9.91. The number of nitrogens with one attached hydrogen (secondary N) is 1. The van der Waals surface area contributed by atoms with Crippen molar-refractivity contribution in [2.24, 2.45) is 0 Å². The molecule has 0 aliphatic carbocycles. The first-order valence-electron chi connectivity index (χ1n) is 6.29. The smallest absolute Gasteiger partial charge is 0.255 e. The number of ether oxygens (including phenoxy) is 1. The number of hydrogen-bond acceptors (Lipinski definition) is 5. The second-order valence-electron chi connectivity index (χ2n) is 5.14. The summed E-state index contributed by atoms with van der Waals surface area (Å²) in [4.78, 5) is 11.8. The summed E-state index contributed by atoms with van der Waals surface area (Å²) in [5, 5.41) is 12.5. The Morgan fingerprint density at radius 1 is 1.56 bits per heavy atom. The third kappa shape index (κ3) is 2.87. The summed E-state index contributed by atoms with van der Waals surface area (Å²) >= 11 is 1.44. The topological polar surface area (TPSA) is 64.1 Å².